The second kappa shape index (κ2) is 3.68. The van der Waals surface area contributed by atoms with Crippen molar-refractivity contribution in [2.24, 2.45) is 7.05 Å². The third kappa shape index (κ3) is 1.47. The number of halogens is 2. The zero-order chi connectivity index (χ0) is 12.0. The highest BCUT2D eigenvalue weighted by Crippen LogP contribution is 2.33. The van der Waals surface area contributed by atoms with Gasteiger partial charge in [0.05, 0.1) is 10.5 Å². The number of hydrogen-bond donors (Lipinski definition) is 1. The first kappa shape index (κ1) is 11.3. The number of benzene rings is 1. The van der Waals surface area contributed by atoms with Crippen LogP contribution in [0.15, 0.2) is 12.1 Å². The highest BCUT2D eigenvalue weighted by atomic mass is 35.5. The van der Waals surface area contributed by atoms with E-state index in [1.165, 1.54) is 0 Å². The standard InChI is InChI=1S/C11H9Cl2NO2/c1-5-7-3-6(12)4-8(13)10(7)14(2)9(5)11(15)16/h3-4H,1-2H3,(H,15,16). The lowest BCUT2D eigenvalue weighted by molar-refractivity contribution is 0.0686. The smallest absolute Gasteiger partial charge is 0.352 e. The lowest BCUT2D eigenvalue weighted by Gasteiger charge is -2.01. The van der Waals surface area contributed by atoms with Crippen molar-refractivity contribution in [3.8, 4) is 0 Å². The fourth-order valence-corrected chi connectivity index (χ4v) is 2.61. The quantitative estimate of drug-likeness (QED) is 0.850. The third-order valence-corrected chi connectivity index (χ3v) is 3.17. The van der Waals surface area contributed by atoms with Gasteiger partial charge in [-0.05, 0) is 24.6 Å². The number of fused-ring (bicyclic) bond motifs is 1. The third-order valence-electron chi connectivity index (χ3n) is 2.66. The van der Waals surface area contributed by atoms with E-state index in [1.807, 2.05) is 0 Å². The minimum absolute atomic E-state index is 0.235. The highest BCUT2D eigenvalue weighted by Gasteiger charge is 2.19. The Morgan fingerprint density at radius 1 is 1.38 bits per heavy atom. The van der Waals surface area contributed by atoms with Crippen LogP contribution in [0.2, 0.25) is 10.0 Å². The lowest BCUT2D eigenvalue weighted by Crippen LogP contribution is -2.05. The monoisotopic (exact) mass is 257 g/mol. The molecule has 0 atom stereocenters. The summed E-state index contributed by atoms with van der Waals surface area (Å²) in [6.07, 6.45) is 0. The molecule has 0 unspecified atom stereocenters. The Labute approximate surface area is 102 Å². The molecule has 2 rings (SSSR count). The van der Waals surface area contributed by atoms with E-state index in [0.717, 1.165) is 5.39 Å². The minimum atomic E-state index is -0.969. The molecule has 1 aromatic carbocycles. The van der Waals surface area contributed by atoms with E-state index in [4.69, 9.17) is 28.3 Å². The van der Waals surface area contributed by atoms with E-state index in [-0.39, 0.29) is 5.69 Å². The summed E-state index contributed by atoms with van der Waals surface area (Å²) in [5.74, 6) is -0.969. The molecule has 0 saturated heterocycles. The van der Waals surface area contributed by atoms with Gasteiger partial charge in [-0.25, -0.2) is 4.79 Å². The maximum Gasteiger partial charge on any atom is 0.352 e. The average Bonchev–Trinajstić information content (AvgIpc) is 2.38. The molecule has 0 bridgehead atoms. The SMILES string of the molecule is Cc1c(C(=O)O)n(C)c2c(Cl)cc(Cl)cc12. The summed E-state index contributed by atoms with van der Waals surface area (Å²) < 4.78 is 1.58. The Balaban J connectivity index is 2.99. The number of rotatable bonds is 1. The molecular formula is C11H9Cl2NO2. The van der Waals surface area contributed by atoms with Crippen molar-refractivity contribution in [1.29, 1.82) is 0 Å². The normalized spacial score (nSPS) is 11.0. The van der Waals surface area contributed by atoms with Crippen LogP contribution in [-0.2, 0) is 7.05 Å². The van der Waals surface area contributed by atoms with Gasteiger partial charge in [-0.3, -0.25) is 0 Å². The highest BCUT2D eigenvalue weighted by molar-refractivity contribution is 6.38. The molecule has 0 spiro atoms. The van der Waals surface area contributed by atoms with Crippen LogP contribution in [0.3, 0.4) is 0 Å². The summed E-state index contributed by atoms with van der Waals surface area (Å²) in [6, 6.07) is 3.33. The van der Waals surface area contributed by atoms with E-state index in [2.05, 4.69) is 0 Å². The summed E-state index contributed by atoms with van der Waals surface area (Å²) in [5.41, 5.74) is 1.61. The first-order valence-corrected chi connectivity index (χ1v) is 5.36. The van der Waals surface area contributed by atoms with E-state index < -0.39 is 5.97 Å². The molecule has 0 aliphatic heterocycles. The van der Waals surface area contributed by atoms with Crippen LogP contribution < -0.4 is 0 Å². The topological polar surface area (TPSA) is 42.2 Å². The second-order valence-electron chi connectivity index (χ2n) is 3.62. The minimum Gasteiger partial charge on any atom is -0.477 e. The van der Waals surface area contributed by atoms with Crippen molar-refractivity contribution in [2.45, 2.75) is 6.92 Å². The summed E-state index contributed by atoms with van der Waals surface area (Å²) in [7, 11) is 1.68. The van der Waals surface area contributed by atoms with Gasteiger partial charge in [0.15, 0.2) is 0 Å². The fourth-order valence-electron chi connectivity index (χ4n) is 1.99. The largest absolute Gasteiger partial charge is 0.477 e. The Morgan fingerprint density at radius 3 is 2.56 bits per heavy atom. The van der Waals surface area contributed by atoms with Crippen LogP contribution in [0.4, 0.5) is 0 Å². The Morgan fingerprint density at radius 2 is 2.00 bits per heavy atom. The van der Waals surface area contributed by atoms with Crippen LogP contribution in [-0.4, -0.2) is 15.6 Å². The maximum absolute atomic E-state index is 11.1. The molecule has 0 aliphatic carbocycles. The van der Waals surface area contributed by atoms with E-state index >= 15 is 0 Å². The molecule has 2 aromatic rings. The number of carboxylic acid groups (broad SMARTS) is 1. The van der Waals surface area contributed by atoms with Gasteiger partial charge in [0.25, 0.3) is 0 Å². The molecule has 1 heterocycles. The number of hydrogen-bond acceptors (Lipinski definition) is 1. The van der Waals surface area contributed by atoms with Crippen molar-refractivity contribution in [2.75, 3.05) is 0 Å². The zero-order valence-electron chi connectivity index (χ0n) is 8.71. The van der Waals surface area contributed by atoms with Gasteiger partial charge >= 0.3 is 5.97 Å². The fraction of sp³-hybridized carbons (Fsp3) is 0.182. The van der Waals surface area contributed by atoms with E-state index in [1.54, 1.807) is 30.7 Å². The molecule has 0 radical (unpaired) electrons. The van der Waals surface area contributed by atoms with Crippen LogP contribution in [0.1, 0.15) is 16.1 Å². The Kier molecular flexibility index (Phi) is 2.60. The zero-order valence-corrected chi connectivity index (χ0v) is 10.2. The molecule has 0 aliphatic rings. The van der Waals surface area contributed by atoms with Crippen molar-refractivity contribution < 1.29 is 9.90 Å². The molecule has 0 saturated carbocycles. The van der Waals surface area contributed by atoms with Gasteiger partial charge in [0.1, 0.15) is 5.69 Å². The van der Waals surface area contributed by atoms with Crippen LogP contribution in [0.5, 0.6) is 0 Å². The van der Waals surface area contributed by atoms with Crippen LogP contribution in [0, 0.1) is 6.92 Å². The summed E-state index contributed by atoms with van der Waals surface area (Å²) in [6.45, 7) is 1.75. The van der Waals surface area contributed by atoms with Crippen molar-refractivity contribution in [1.82, 2.24) is 4.57 Å². The summed E-state index contributed by atoms with van der Waals surface area (Å²) in [5, 5.41) is 10.8. The number of aromatic carboxylic acids is 1. The molecule has 3 nitrogen and oxygen atoms in total. The molecular weight excluding hydrogens is 249 g/mol. The molecule has 0 amide bonds. The van der Waals surface area contributed by atoms with Gasteiger partial charge < -0.3 is 9.67 Å². The number of nitrogens with zero attached hydrogens (tertiary/aromatic N) is 1. The number of carbonyl (C=O) groups is 1. The number of carboxylic acids is 1. The van der Waals surface area contributed by atoms with Crippen LogP contribution >= 0.6 is 23.2 Å². The number of aromatic nitrogens is 1. The van der Waals surface area contributed by atoms with Crippen molar-refractivity contribution in [3.05, 3.63) is 33.4 Å². The molecule has 5 heteroatoms. The van der Waals surface area contributed by atoms with E-state index in [0.29, 0.717) is 21.1 Å². The van der Waals surface area contributed by atoms with Gasteiger partial charge in [0, 0.05) is 17.5 Å². The van der Waals surface area contributed by atoms with Gasteiger partial charge in [-0.1, -0.05) is 23.2 Å². The number of aryl methyl sites for hydroxylation is 2. The first-order valence-electron chi connectivity index (χ1n) is 4.60. The van der Waals surface area contributed by atoms with Gasteiger partial charge in [-0.2, -0.15) is 0 Å². The first-order chi connectivity index (χ1) is 7.43. The summed E-state index contributed by atoms with van der Waals surface area (Å²) >= 11 is 12.0. The summed E-state index contributed by atoms with van der Waals surface area (Å²) in [4.78, 5) is 11.1. The average molecular weight is 258 g/mol. The molecule has 16 heavy (non-hydrogen) atoms. The molecule has 1 aromatic heterocycles. The van der Waals surface area contributed by atoms with Crippen LogP contribution in [0.25, 0.3) is 10.9 Å². The Bertz CT molecular complexity index is 602. The van der Waals surface area contributed by atoms with E-state index in [9.17, 15) is 4.79 Å². The van der Waals surface area contributed by atoms with Gasteiger partial charge in [0.2, 0.25) is 0 Å². The predicted molar refractivity (Wildman–Crippen MR) is 64.6 cm³/mol. The maximum atomic E-state index is 11.1. The van der Waals surface area contributed by atoms with Gasteiger partial charge in [-0.15, -0.1) is 0 Å². The van der Waals surface area contributed by atoms with Crippen molar-refractivity contribution >= 4 is 40.1 Å². The Hall–Kier alpha value is -1.19. The lowest BCUT2D eigenvalue weighted by atomic mass is 10.1. The molecule has 84 valence electrons. The molecule has 0 fully saturated rings. The predicted octanol–water partition coefficient (Wildman–Crippen LogP) is 3.49. The second-order valence-corrected chi connectivity index (χ2v) is 4.47. The molecule has 1 N–H and O–H groups in total. The van der Waals surface area contributed by atoms with Crippen molar-refractivity contribution in [3.63, 3.8) is 0 Å².